The van der Waals surface area contributed by atoms with Gasteiger partial charge in [-0.15, -0.1) is 0 Å². The number of aromatic nitrogens is 1. The highest BCUT2D eigenvalue weighted by Gasteiger charge is 2.22. The van der Waals surface area contributed by atoms with Crippen LogP contribution < -0.4 is 10.1 Å². The van der Waals surface area contributed by atoms with Crippen molar-refractivity contribution in [3.63, 3.8) is 0 Å². The molecule has 0 aliphatic carbocycles. The van der Waals surface area contributed by atoms with Gasteiger partial charge in [0.15, 0.2) is 6.61 Å². The zero-order valence-corrected chi connectivity index (χ0v) is 13.3. The van der Waals surface area contributed by atoms with Gasteiger partial charge >= 0.3 is 0 Å². The molecule has 1 aliphatic heterocycles. The number of halogens is 1. The number of rotatable bonds is 5. The minimum absolute atomic E-state index is 0.0293. The van der Waals surface area contributed by atoms with Gasteiger partial charge < -0.3 is 19.7 Å². The molecule has 1 aromatic heterocycles. The van der Waals surface area contributed by atoms with Crippen molar-refractivity contribution >= 4 is 17.4 Å². The Hall–Kier alpha value is -2.67. The van der Waals surface area contributed by atoms with Crippen molar-refractivity contribution in [1.82, 2.24) is 9.88 Å². The first-order valence-electron chi connectivity index (χ1n) is 7.58. The maximum absolute atomic E-state index is 13.8. The van der Waals surface area contributed by atoms with Crippen LogP contribution in [0.5, 0.6) is 5.75 Å². The summed E-state index contributed by atoms with van der Waals surface area (Å²) in [5.74, 6) is 0.571. The summed E-state index contributed by atoms with van der Waals surface area (Å²) in [5.41, 5.74) is 0.963. The highest BCUT2D eigenvalue weighted by Crippen LogP contribution is 2.25. The van der Waals surface area contributed by atoms with Crippen LogP contribution in [-0.4, -0.2) is 42.7 Å². The molecule has 24 heavy (non-hydrogen) atoms. The van der Waals surface area contributed by atoms with E-state index in [0.29, 0.717) is 42.6 Å². The van der Waals surface area contributed by atoms with Crippen LogP contribution >= 0.6 is 0 Å². The van der Waals surface area contributed by atoms with E-state index >= 15 is 0 Å². The summed E-state index contributed by atoms with van der Waals surface area (Å²) in [7, 11) is 1.58. The number of carbonyl (C=O) groups excluding carboxylic acids is 1. The molecular weight excluding hydrogens is 313 g/mol. The van der Waals surface area contributed by atoms with E-state index in [0.717, 1.165) is 0 Å². The molecule has 0 saturated heterocycles. The molecular formula is C17H18FN3O3. The number of pyridine rings is 1. The molecule has 0 radical (unpaired) electrons. The molecule has 3 rings (SSSR count). The number of nitrogens with zero attached hydrogens (tertiary/aromatic N) is 2. The van der Waals surface area contributed by atoms with Gasteiger partial charge in [-0.25, -0.2) is 9.37 Å². The van der Waals surface area contributed by atoms with Crippen molar-refractivity contribution in [3.05, 3.63) is 47.9 Å². The van der Waals surface area contributed by atoms with E-state index in [9.17, 15) is 9.18 Å². The predicted octanol–water partition coefficient (Wildman–Crippen LogP) is 2.33. The van der Waals surface area contributed by atoms with Gasteiger partial charge in [0, 0.05) is 13.7 Å². The first-order valence-corrected chi connectivity index (χ1v) is 7.58. The number of methoxy groups -OCH3 is 1. The van der Waals surface area contributed by atoms with Gasteiger partial charge in [-0.05, 0) is 24.3 Å². The Kier molecular flexibility index (Phi) is 4.90. The van der Waals surface area contributed by atoms with Gasteiger partial charge in [0.25, 0.3) is 5.91 Å². The third-order valence-electron chi connectivity index (χ3n) is 3.68. The maximum atomic E-state index is 13.8. The maximum Gasteiger partial charge on any atom is 0.260 e. The molecule has 6 nitrogen and oxygen atoms in total. The van der Waals surface area contributed by atoms with Crippen LogP contribution in [0.2, 0.25) is 0 Å². The van der Waals surface area contributed by atoms with E-state index in [1.54, 1.807) is 42.3 Å². The van der Waals surface area contributed by atoms with Gasteiger partial charge in [0.1, 0.15) is 23.1 Å². The van der Waals surface area contributed by atoms with Crippen LogP contribution in [0.4, 0.5) is 15.9 Å². The van der Waals surface area contributed by atoms with Gasteiger partial charge in [-0.3, -0.25) is 4.79 Å². The highest BCUT2D eigenvalue weighted by atomic mass is 19.1. The smallest absolute Gasteiger partial charge is 0.260 e. The fraction of sp³-hybridized carbons (Fsp3) is 0.294. The number of carbonyl (C=O) groups is 1. The highest BCUT2D eigenvalue weighted by molar-refractivity contribution is 5.78. The summed E-state index contributed by atoms with van der Waals surface area (Å²) in [4.78, 5) is 18.2. The molecule has 2 heterocycles. The Morgan fingerprint density at radius 1 is 1.33 bits per heavy atom. The lowest BCUT2D eigenvalue weighted by Gasteiger charge is -2.19. The molecule has 7 heteroatoms. The quantitative estimate of drug-likeness (QED) is 0.911. The number of fused-ring (bicyclic) bond motifs is 1. The number of hydrogen-bond acceptors (Lipinski definition) is 5. The lowest BCUT2D eigenvalue weighted by molar-refractivity contribution is -0.133. The van der Waals surface area contributed by atoms with Gasteiger partial charge in [0.2, 0.25) is 0 Å². The molecule has 0 fully saturated rings. The number of para-hydroxylation sites is 1. The normalized spacial score (nSPS) is 13.9. The topological polar surface area (TPSA) is 63.7 Å². The standard InChI is InChI=1S/C17H18FN3O3/c1-23-9-8-21-10-14-15(24-11-17(21)22)6-7-16(20-14)19-13-5-3-2-4-12(13)18/h2-7H,8-11H2,1H3,(H,19,20). The first-order chi connectivity index (χ1) is 11.7. The molecule has 1 N–H and O–H groups in total. The Morgan fingerprint density at radius 3 is 2.96 bits per heavy atom. The molecule has 0 atom stereocenters. The van der Waals surface area contributed by atoms with E-state index in [4.69, 9.17) is 9.47 Å². The van der Waals surface area contributed by atoms with Crippen molar-refractivity contribution in [2.75, 3.05) is 32.2 Å². The number of ether oxygens (including phenoxy) is 2. The lowest BCUT2D eigenvalue weighted by Crippen LogP contribution is -2.35. The summed E-state index contributed by atoms with van der Waals surface area (Å²) in [5, 5.41) is 2.94. The Bertz CT molecular complexity index is 739. The third kappa shape index (κ3) is 3.62. The number of benzene rings is 1. The van der Waals surface area contributed by atoms with E-state index < -0.39 is 0 Å². The zero-order chi connectivity index (χ0) is 16.9. The van der Waals surface area contributed by atoms with E-state index in [1.165, 1.54) is 6.07 Å². The SMILES string of the molecule is COCCN1Cc2nc(Nc3ccccc3F)ccc2OCC1=O. The van der Waals surface area contributed by atoms with Gasteiger partial charge in [-0.1, -0.05) is 12.1 Å². The molecule has 0 unspecified atom stereocenters. The molecule has 1 amide bonds. The Labute approximate surface area is 139 Å². The zero-order valence-electron chi connectivity index (χ0n) is 13.3. The minimum Gasteiger partial charge on any atom is -0.482 e. The summed E-state index contributed by atoms with van der Waals surface area (Å²) < 4.78 is 24.3. The van der Waals surface area contributed by atoms with E-state index in [-0.39, 0.29) is 18.3 Å². The molecule has 1 aromatic carbocycles. The van der Waals surface area contributed by atoms with Crippen LogP contribution in [0.15, 0.2) is 36.4 Å². The summed E-state index contributed by atoms with van der Waals surface area (Å²) in [6.07, 6.45) is 0. The van der Waals surface area contributed by atoms with E-state index in [1.807, 2.05) is 0 Å². The fourth-order valence-electron chi connectivity index (χ4n) is 2.41. The van der Waals surface area contributed by atoms with E-state index in [2.05, 4.69) is 10.3 Å². The number of anilines is 2. The number of hydrogen-bond donors (Lipinski definition) is 1. The Morgan fingerprint density at radius 2 is 2.17 bits per heavy atom. The van der Waals surface area contributed by atoms with Crippen LogP contribution in [0.1, 0.15) is 5.69 Å². The van der Waals surface area contributed by atoms with Crippen LogP contribution in [0.3, 0.4) is 0 Å². The molecule has 0 bridgehead atoms. The van der Waals surface area contributed by atoms with Gasteiger partial charge in [0.05, 0.1) is 18.8 Å². The van der Waals surface area contributed by atoms with Crippen LogP contribution in [-0.2, 0) is 16.1 Å². The van der Waals surface area contributed by atoms with Crippen molar-refractivity contribution in [2.24, 2.45) is 0 Å². The number of nitrogens with one attached hydrogen (secondary N) is 1. The van der Waals surface area contributed by atoms with Crippen molar-refractivity contribution in [3.8, 4) is 5.75 Å². The minimum atomic E-state index is -0.359. The first kappa shape index (κ1) is 16.2. The van der Waals surface area contributed by atoms with Crippen molar-refractivity contribution in [2.45, 2.75) is 6.54 Å². The Balaban J connectivity index is 1.82. The monoisotopic (exact) mass is 331 g/mol. The van der Waals surface area contributed by atoms with Crippen molar-refractivity contribution < 1.29 is 18.7 Å². The van der Waals surface area contributed by atoms with Gasteiger partial charge in [-0.2, -0.15) is 0 Å². The fourth-order valence-corrected chi connectivity index (χ4v) is 2.41. The second-order valence-electron chi connectivity index (χ2n) is 5.34. The molecule has 0 saturated carbocycles. The summed E-state index contributed by atoms with van der Waals surface area (Å²) >= 11 is 0. The summed E-state index contributed by atoms with van der Waals surface area (Å²) in [6.45, 7) is 1.20. The summed E-state index contributed by atoms with van der Waals surface area (Å²) in [6, 6.07) is 9.80. The second kappa shape index (κ2) is 7.27. The average molecular weight is 331 g/mol. The second-order valence-corrected chi connectivity index (χ2v) is 5.34. The lowest BCUT2D eigenvalue weighted by atomic mass is 10.2. The molecule has 1 aliphatic rings. The molecule has 126 valence electrons. The molecule has 0 spiro atoms. The van der Waals surface area contributed by atoms with Crippen LogP contribution in [0, 0.1) is 5.82 Å². The third-order valence-corrected chi connectivity index (χ3v) is 3.68. The predicted molar refractivity (Wildman–Crippen MR) is 86.7 cm³/mol. The molecule has 2 aromatic rings. The number of amides is 1. The average Bonchev–Trinajstić information content (AvgIpc) is 2.74. The largest absolute Gasteiger partial charge is 0.482 e. The van der Waals surface area contributed by atoms with Crippen LogP contribution in [0.25, 0.3) is 0 Å². The van der Waals surface area contributed by atoms with Crippen molar-refractivity contribution in [1.29, 1.82) is 0 Å².